The summed E-state index contributed by atoms with van der Waals surface area (Å²) in [5.74, 6) is 0. The van der Waals surface area contributed by atoms with Crippen LogP contribution in [0.1, 0.15) is 26.7 Å². The van der Waals surface area contributed by atoms with Crippen molar-refractivity contribution in [2.75, 3.05) is 7.05 Å². The quantitative estimate of drug-likeness (QED) is 0.468. The van der Waals surface area contributed by atoms with Crippen molar-refractivity contribution in [3.8, 4) is 0 Å². The lowest BCUT2D eigenvalue weighted by Gasteiger charge is -1.90. The number of allylic oxidation sites excluding steroid dienone is 2. The van der Waals surface area contributed by atoms with Crippen LogP contribution < -0.4 is 5.43 Å². The Morgan fingerprint density at radius 2 is 2.30 bits per heavy atom. The fourth-order valence-electron chi connectivity index (χ4n) is 0.591. The number of nitrogens with one attached hydrogen (secondary N) is 1. The minimum Gasteiger partial charge on any atom is -0.313 e. The van der Waals surface area contributed by atoms with Gasteiger partial charge in [0.1, 0.15) is 0 Å². The number of rotatable bonds is 4. The van der Waals surface area contributed by atoms with Gasteiger partial charge in [-0.25, -0.2) is 0 Å². The maximum Gasteiger partial charge on any atom is 0.0493 e. The fourth-order valence-corrected chi connectivity index (χ4v) is 0.591. The van der Waals surface area contributed by atoms with Gasteiger partial charge in [-0.05, 0) is 18.9 Å². The van der Waals surface area contributed by atoms with Gasteiger partial charge in [0.05, 0.1) is 0 Å². The van der Waals surface area contributed by atoms with Crippen LogP contribution >= 0.6 is 0 Å². The lowest BCUT2D eigenvalue weighted by atomic mass is 10.2. The van der Waals surface area contributed by atoms with Crippen LogP contribution in [-0.4, -0.2) is 13.3 Å². The van der Waals surface area contributed by atoms with Gasteiger partial charge >= 0.3 is 0 Å². The molecule has 0 amide bonds. The second-order valence-electron chi connectivity index (χ2n) is 2.22. The van der Waals surface area contributed by atoms with Crippen molar-refractivity contribution in [1.29, 1.82) is 0 Å². The highest BCUT2D eigenvalue weighted by Gasteiger charge is 1.79. The average Bonchev–Trinajstić information content (AvgIpc) is 1.97. The van der Waals surface area contributed by atoms with E-state index in [1.165, 1.54) is 12.0 Å². The minimum absolute atomic E-state index is 1.14. The van der Waals surface area contributed by atoms with E-state index in [1.54, 1.807) is 7.05 Å². The molecule has 0 unspecified atom stereocenters. The number of nitrogens with zero attached hydrogens (tertiary/aromatic N) is 1. The lowest BCUT2D eigenvalue weighted by molar-refractivity contribution is 0.905. The van der Waals surface area contributed by atoms with Crippen molar-refractivity contribution in [2.45, 2.75) is 26.7 Å². The van der Waals surface area contributed by atoms with Crippen LogP contribution in [0.25, 0.3) is 0 Å². The van der Waals surface area contributed by atoms with Gasteiger partial charge in [0.2, 0.25) is 0 Å². The van der Waals surface area contributed by atoms with Gasteiger partial charge in [-0.1, -0.05) is 19.4 Å². The summed E-state index contributed by atoms with van der Waals surface area (Å²) < 4.78 is 0. The van der Waals surface area contributed by atoms with Crippen LogP contribution in [-0.2, 0) is 0 Å². The molecule has 0 radical (unpaired) electrons. The van der Waals surface area contributed by atoms with E-state index in [9.17, 15) is 0 Å². The van der Waals surface area contributed by atoms with Crippen molar-refractivity contribution in [2.24, 2.45) is 5.10 Å². The Kier molecular flexibility index (Phi) is 5.83. The van der Waals surface area contributed by atoms with Gasteiger partial charge in [0.25, 0.3) is 0 Å². The molecule has 0 saturated carbocycles. The molecule has 0 aliphatic carbocycles. The minimum atomic E-state index is 1.14. The monoisotopic (exact) mass is 140 g/mol. The first-order valence-corrected chi connectivity index (χ1v) is 3.67. The van der Waals surface area contributed by atoms with Gasteiger partial charge in [-0.3, -0.25) is 0 Å². The van der Waals surface area contributed by atoms with E-state index in [0.717, 1.165) is 6.42 Å². The van der Waals surface area contributed by atoms with Crippen molar-refractivity contribution < 1.29 is 0 Å². The zero-order chi connectivity index (χ0) is 7.82. The summed E-state index contributed by atoms with van der Waals surface area (Å²) in [5, 5.41) is 3.88. The van der Waals surface area contributed by atoms with Crippen LogP contribution in [0.5, 0.6) is 0 Å². The number of hydrogen-bond donors (Lipinski definition) is 1. The Labute approximate surface area is 63.0 Å². The molecule has 10 heavy (non-hydrogen) atoms. The Morgan fingerprint density at radius 3 is 2.80 bits per heavy atom. The second-order valence-corrected chi connectivity index (χ2v) is 2.22. The maximum atomic E-state index is 3.88. The van der Waals surface area contributed by atoms with E-state index in [2.05, 4.69) is 30.5 Å². The fraction of sp³-hybridized carbons (Fsp3) is 0.625. The molecule has 0 aromatic carbocycles. The molecular formula is C8H16N2. The highest BCUT2D eigenvalue weighted by atomic mass is 15.3. The molecule has 0 aliphatic heterocycles. The second kappa shape index (κ2) is 6.33. The molecule has 0 heterocycles. The molecule has 2 nitrogen and oxygen atoms in total. The molecule has 1 N–H and O–H groups in total. The third-order valence-corrected chi connectivity index (χ3v) is 1.15. The molecule has 0 spiro atoms. The highest BCUT2D eigenvalue weighted by Crippen LogP contribution is 1.94. The van der Waals surface area contributed by atoms with Crippen LogP contribution in [0.4, 0.5) is 0 Å². The Hall–Kier alpha value is -0.790. The van der Waals surface area contributed by atoms with E-state index >= 15 is 0 Å². The highest BCUT2D eigenvalue weighted by molar-refractivity contribution is 5.77. The van der Waals surface area contributed by atoms with Gasteiger partial charge in [0, 0.05) is 13.3 Å². The summed E-state index contributed by atoms with van der Waals surface area (Å²) >= 11 is 0. The smallest absolute Gasteiger partial charge is 0.0493 e. The average molecular weight is 140 g/mol. The van der Waals surface area contributed by atoms with Crippen molar-refractivity contribution in [3.63, 3.8) is 0 Å². The van der Waals surface area contributed by atoms with Gasteiger partial charge in [0.15, 0.2) is 0 Å². The first-order valence-electron chi connectivity index (χ1n) is 3.67. The summed E-state index contributed by atoms with van der Waals surface area (Å²) in [6.45, 7) is 4.22. The molecule has 0 rings (SSSR count). The molecule has 0 aromatic heterocycles. The summed E-state index contributed by atoms with van der Waals surface area (Å²) in [6, 6.07) is 0. The van der Waals surface area contributed by atoms with E-state index in [-0.39, 0.29) is 0 Å². The lowest BCUT2D eigenvalue weighted by Crippen LogP contribution is -1.94. The Bertz CT molecular complexity index is 125. The van der Waals surface area contributed by atoms with E-state index in [4.69, 9.17) is 0 Å². The topological polar surface area (TPSA) is 24.4 Å². The molecule has 58 valence electrons. The first kappa shape index (κ1) is 9.21. The Morgan fingerprint density at radius 1 is 1.60 bits per heavy atom. The maximum absolute atomic E-state index is 3.88. The van der Waals surface area contributed by atoms with Crippen molar-refractivity contribution in [3.05, 3.63) is 11.6 Å². The zero-order valence-corrected chi connectivity index (χ0v) is 7.02. The molecule has 0 aromatic rings. The summed E-state index contributed by atoms with van der Waals surface area (Å²) in [7, 11) is 1.80. The SMILES string of the molecule is CCC/C=C(C)\C=N/NC. The zero-order valence-electron chi connectivity index (χ0n) is 7.02. The van der Waals surface area contributed by atoms with E-state index < -0.39 is 0 Å². The molecule has 0 aliphatic rings. The van der Waals surface area contributed by atoms with Crippen LogP contribution in [0.15, 0.2) is 16.8 Å². The number of hydrazone groups is 1. The van der Waals surface area contributed by atoms with Crippen LogP contribution in [0.2, 0.25) is 0 Å². The van der Waals surface area contributed by atoms with Gasteiger partial charge in [-0.15, -0.1) is 0 Å². The number of hydrogen-bond acceptors (Lipinski definition) is 2. The summed E-state index contributed by atoms with van der Waals surface area (Å²) in [6.07, 6.45) is 6.35. The normalized spacial score (nSPS) is 12.5. The summed E-state index contributed by atoms with van der Waals surface area (Å²) in [4.78, 5) is 0. The predicted molar refractivity (Wildman–Crippen MR) is 46.2 cm³/mol. The summed E-state index contributed by atoms with van der Waals surface area (Å²) in [5.41, 5.74) is 3.92. The molecule has 0 bridgehead atoms. The van der Waals surface area contributed by atoms with E-state index in [1.807, 2.05) is 6.21 Å². The van der Waals surface area contributed by atoms with Crippen molar-refractivity contribution in [1.82, 2.24) is 5.43 Å². The molecular weight excluding hydrogens is 124 g/mol. The number of unbranched alkanes of at least 4 members (excludes halogenated alkanes) is 1. The van der Waals surface area contributed by atoms with Gasteiger partial charge in [-0.2, -0.15) is 5.10 Å². The standard InChI is InChI=1S/C8H16N2/c1-4-5-6-8(2)7-10-9-3/h6-7,9H,4-5H2,1-3H3/b8-6-,10-7-. The predicted octanol–water partition coefficient (Wildman–Crippen LogP) is 1.94. The third kappa shape index (κ3) is 5.35. The van der Waals surface area contributed by atoms with Crippen LogP contribution in [0, 0.1) is 0 Å². The third-order valence-electron chi connectivity index (χ3n) is 1.15. The first-order chi connectivity index (χ1) is 4.81. The molecule has 0 saturated heterocycles. The Balaban J connectivity index is 3.59. The molecule has 0 atom stereocenters. The van der Waals surface area contributed by atoms with Gasteiger partial charge < -0.3 is 5.43 Å². The molecule has 2 heteroatoms. The van der Waals surface area contributed by atoms with E-state index in [0.29, 0.717) is 0 Å². The largest absolute Gasteiger partial charge is 0.313 e. The van der Waals surface area contributed by atoms with Crippen LogP contribution in [0.3, 0.4) is 0 Å². The van der Waals surface area contributed by atoms with Crippen molar-refractivity contribution >= 4 is 6.21 Å². The molecule has 0 fully saturated rings.